The number of methoxy groups -OCH3 is 1. The summed E-state index contributed by atoms with van der Waals surface area (Å²) in [6.45, 7) is 5.99. The lowest BCUT2D eigenvalue weighted by atomic mass is 10.1. The molecule has 0 aliphatic carbocycles. The van der Waals surface area contributed by atoms with Gasteiger partial charge in [-0.05, 0) is 25.1 Å². The summed E-state index contributed by atoms with van der Waals surface area (Å²) in [5.74, 6) is 0.752. The molecule has 0 bridgehead atoms. The van der Waals surface area contributed by atoms with Crippen molar-refractivity contribution in [2.45, 2.75) is 13.5 Å². The lowest BCUT2D eigenvalue weighted by molar-refractivity contribution is 0.0622. The van der Waals surface area contributed by atoms with Crippen LogP contribution < -0.4 is 4.74 Å². The number of aryl methyl sites for hydroxylation is 2. The van der Waals surface area contributed by atoms with Crippen LogP contribution in [0.1, 0.15) is 21.7 Å². The van der Waals surface area contributed by atoms with Gasteiger partial charge in [-0.25, -0.2) is 0 Å². The van der Waals surface area contributed by atoms with Crippen LogP contribution in [-0.2, 0) is 13.6 Å². The van der Waals surface area contributed by atoms with Crippen LogP contribution in [-0.4, -0.2) is 69.0 Å². The third-order valence-corrected chi connectivity index (χ3v) is 5.34. The number of nitrogens with one attached hydrogen (secondary N) is 1. The molecule has 29 heavy (non-hydrogen) atoms. The molecule has 8 nitrogen and oxygen atoms in total. The molecule has 0 unspecified atom stereocenters. The van der Waals surface area contributed by atoms with Crippen LogP contribution in [0.2, 0.25) is 0 Å². The highest BCUT2D eigenvalue weighted by Gasteiger charge is 2.24. The van der Waals surface area contributed by atoms with Gasteiger partial charge in [-0.15, -0.1) is 0 Å². The lowest BCUT2D eigenvalue weighted by Gasteiger charge is -2.34. The molecule has 1 aromatic carbocycles. The topological polar surface area (TPSA) is 79.3 Å². The Hall–Kier alpha value is -3.13. The van der Waals surface area contributed by atoms with Gasteiger partial charge in [-0.2, -0.15) is 10.2 Å². The molecule has 8 heteroatoms. The lowest BCUT2D eigenvalue weighted by Crippen LogP contribution is -2.48. The molecule has 0 atom stereocenters. The second-order valence-corrected chi connectivity index (χ2v) is 7.38. The first-order valence-corrected chi connectivity index (χ1v) is 9.74. The smallest absolute Gasteiger partial charge is 0.271 e. The average Bonchev–Trinajstić information content (AvgIpc) is 3.35. The number of nitrogens with zero attached hydrogens (tertiary/aromatic N) is 5. The van der Waals surface area contributed by atoms with E-state index in [0.29, 0.717) is 18.8 Å². The summed E-state index contributed by atoms with van der Waals surface area (Å²) in [5, 5.41) is 11.6. The molecule has 1 aliphatic rings. The second-order valence-electron chi connectivity index (χ2n) is 7.38. The van der Waals surface area contributed by atoms with Crippen molar-refractivity contribution in [2.24, 2.45) is 7.05 Å². The van der Waals surface area contributed by atoms with Gasteiger partial charge in [0.25, 0.3) is 5.91 Å². The number of aromatic nitrogens is 4. The Balaban J connectivity index is 1.37. The molecular formula is C21H26N6O2. The molecule has 1 amide bonds. The highest BCUT2D eigenvalue weighted by Crippen LogP contribution is 2.23. The van der Waals surface area contributed by atoms with Crippen molar-refractivity contribution in [2.75, 3.05) is 33.3 Å². The molecular weight excluding hydrogens is 368 g/mol. The summed E-state index contributed by atoms with van der Waals surface area (Å²) in [6.07, 6.45) is 2.07. The van der Waals surface area contributed by atoms with Gasteiger partial charge in [-0.1, -0.05) is 12.1 Å². The first-order valence-electron chi connectivity index (χ1n) is 9.74. The molecule has 4 rings (SSSR count). The molecule has 3 aromatic rings. The zero-order valence-electron chi connectivity index (χ0n) is 17.1. The molecule has 0 spiro atoms. The van der Waals surface area contributed by atoms with Crippen molar-refractivity contribution in [3.8, 4) is 17.0 Å². The maximum atomic E-state index is 12.9. The number of aromatic amines is 1. The fourth-order valence-electron chi connectivity index (χ4n) is 3.69. The van der Waals surface area contributed by atoms with Gasteiger partial charge < -0.3 is 9.64 Å². The van der Waals surface area contributed by atoms with Gasteiger partial charge in [0.15, 0.2) is 0 Å². The van der Waals surface area contributed by atoms with Gasteiger partial charge in [0, 0.05) is 57.1 Å². The van der Waals surface area contributed by atoms with Crippen LogP contribution in [0, 0.1) is 6.92 Å². The summed E-state index contributed by atoms with van der Waals surface area (Å²) in [6, 6.07) is 9.46. The van der Waals surface area contributed by atoms with Crippen molar-refractivity contribution in [3.05, 3.63) is 53.5 Å². The third-order valence-electron chi connectivity index (χ3n) is 5.34. The fourth-order valence-corrected chi connectivity index (χ4v) is 3.69. The molecule has 2 aromatic heterocycles. The molecule has 0 radical (unpaired) electrons. The Labute approximate surface area is 170 Å². The normalized spacial score (nSPS) is 14.9. The summed E-state index contributed by atoms with van der Waals surface area (Å²) < 4.78 is 7.11. The molecule has 3 heterocycles. The fraction of sp³-hybridized carbons (Fsp3) is 0.381. The number of amides is 1. The molecule has 1 N–H and O–H groups in total. The minimum Gasteiger partial charge on any atom is -0.497 e. The van der Waals surface area contributed by atoms with Crippen LogP contribution in [0.25, 0.3) is 11.3 Å². The molecule has 1 fully saturated rings. The third kappa shape index (κ3) is 4.17. The number of ether oxygens (including phenoxy) is 1. The largest absolute Gasteiger partial charge is 0.497 e. The predicted octanol–water partition coefficient (Wildman–Crippen LogP) is 2.09. The van der Waals surface area contributed by atoms with E-state index in [0.717, 1.165) is 42.3 Å². The van der Waals surface area contributed by atoms with Crippen molar-refractivity contribution in [1.82, 2.24) is 29.8 Å². The molecule has 152 valence electrons. The monoisotopic (exact) mass is 394 g/mol. The number of H-pyrrole nitrogens is 1. The number of hydrogen-bond acceptors (Lipinski definition) is 5. The Bertz CT molecular complexity index is 1000. The van der Waals surface area contributed by atoms with Gasteiger partial charge in [-0.3, -0.25) is 19.5 Å². The quantitative estimate of drug-likeness (QED) is 0.717. The van der Waals surface area contributed by atoms with Gasteiger partial charge >= 0.3 is 0 Å². The van der Waals surface area contributed by atoms with Crippen LogP contribution >= 0.6 is 0 Å². The predicted molar refractivity (Wildman–Crippen MR) is 110 cm³/mol. The average molecular weight is 394 g/mol. The minimum atomic E-state index is -0.0103. The molecule has 1 aliphatic heterocycles. The zero-order chi connectivity index (χ0) is 20.4. The SMILES string of the molecule is COc1cccc(-c2cc(C(=O)N3CCN(Cc4cn(C)nc4C)CC3)[nH]n2)c1. The first-order chi connectivity index (χ1) is 14.0. The number of hydrogen-bond donors (Lipinski definition) is 1. The van der Waals surface area contributed by atoms with Crippen molar-refractivity contribution in [3.63, 3.8) is 0 Å². The van der Waals surface area contributed by atoms with E-state index in [4.69, 9.17) is 4.74 Å². The molecule has 1 saturated heterocycles. The Morgan fingerprint density at radius 2 is 2.00 bits per heavy atom. The maximum absolute atomic E-state index is 12.9. The Morgan fingerprint density at radius 1 is 1.21 bits per heavy atom. The van der Waals surface area contributed by atoms with Crippen LogP contribution in [0.3, 0.4) is 0 Å². The summed E-state index contributed by atoms with van der Waals surface area (Å²) in [7, 11) is 3.57. The minimum absolute atomic E-state index is 0.0103. The van der Waals surface area contributed by atoms with E-state index in [1.54, 1.807) is 7.11 Å². The zero-order valence-corrected chi connectivity index (χ0v) is 17.1. The summed E-state index contributed by atoms with van der Waals surface area (Å²) in [4.78, 5) is 17.1. The van der Waals surface area contributed by atoms with E-state index < -0.39 is 0 Å². The second kappa shape index (κ2) is 8.08. The van der Waals surface area contributed by atoms with E-state index >= 15 is 0 Å². The van der Waals surface area contributed by atoms with Crippen LogP contribution in [0.5, 0.6) is 5.75 Å². The number of carbonyl (C=O) groups excluding carboxylic acids is 1. The van der Waals surface area contributed by atoms with E-state index in [2.05, 4.69) is 26.4 Å². The number of piperazine rings is 1. The summed E-state index contributed by atoms with van der Waals surface area (Å²) >= 11 is 0. The number of benzene rings is 1. The van der Waals surface area contributed by atoms with E-state index in [-0.39, 0.29) is 5.91 Å². The van der Waals surface area contributed by atoms with Crippen molar-refractivity contribution in [1.29, 1.82) is 0 Å². The highest BCUT2D eigenvalue weighted by atomic mass is 16.5. The Kier molecular flexibility index (Phi) is 5.35. The van der Waals surface area contributed by atoms with Crippen LogP contribution in [0.4, 0.5) is 0 Å². The number of rotatable bonds is 5. The molecule has 0 saturated carbocycles. The van der Waals surface area contributed by atoms with Crippen molar-refractivity contribution >= 4 is 5.91 Å². The maximum Gasteiger partial charge on any atom is 0.271 e. The first kappa shape index (κ1) is 19.2. The van der Waals surface area contributed by atoms with E-state index in [1.807, 2.05) is 53.9 Å². The van der Waals surface area contributed by atoms with E-state index in [1.165, 1.54) is 5.56 Å². The van der Waals surface area contributed by atoms with Crippen molar-refractivity contribution < 1.29 is 9.53 Å². The Morgan fingerprint density at radius 3 is 2.69 bits per heavy atom. The highest BCUT2D eigenvalue weighted by molar-refractivity contribution is 5.93. The van der Waals surface area contributed by atoms with Gasteiger partial charge in [0.2, 0.25) is 0 Å². The van der Waals surface area contributed by atoms with E-state index in [9.17, 15) is 4.79 Å². The standard InChI is InChI=1S/C21H26N6O2/c1-15-17(13-25(2)24-15)14-26-7-9-27(10-8-26)21(28)20-12-19(22-23-20)16-5-4-6-18(11-16)29-3/h4-6,11-13H,7-10,14H2,1-3H3,(H,22,23). The van der Waals surface area contributed by atoms with Gasteiger partial charge in [0.05, 0.1) is 18.5 Å². The number of carbonyl (C=O) groups is 1. The van der Waals surface area contributed by atoms with Crippen LogP contribution in [0.15, 0.2) is 36.5 Å². The van der Waals surface area contributed by atoms with Gasteiger partial charge in [0.1, 0.15) is 11.4 Å². The summed E-state index contributed by atoms with van der Waals surface area (Å²) in [5.41, 5.74) is 4.46.